The zero-order valence-electron chi connectivity index (χ0n) is 20.7. The molecule has 0 spiro atoms. The van der Waals surface area contributed by atoms with Crippen LogP contribution in [0.25, 0.3) is 0 Å². The average molecular weight is 661 g/mol. The second-order valence-corrected chi connectivity index (χ2v) is 11.1. The monoisotopic (exact) mass is 661 g/mol. The first-order valence-electron chi connectivity index (χ1n) is 11.4. The lowest BCUT2D eigenvalue weighted by molar-refractivity contribution is -0.158. The highest BCUT2D eigenvalue weighted by Crippen LogP contribution is 2.43. The van der Waals surface area contributed by atoms with Gasteiger partial charge in [-0.3, -0.25) is 28.5 Å². The molecule has 1 aliphatic rings. The standard InChI is InChI=1S/C21H30FIN3O10P/c1-5-14(23)35-18(30)12(3)25-37(32)33-10-13-17(36-16(29)7-6-11(2)27)21(4,22)19(34-13)26-9-8-15(28)24-20(26)31/h8-9,12-14,17,19,37H,5-7,10H2,1-4H3,(H,25,32)(H,24,28,31)/t12-,13+,14?,17+,19+,21+/m0/s1. The van der Waals surface area contributed by atoms with Gasteiger partial charge in [0.05, 0.1) is 13.0 Å². The van der Waals surface area contributed by atoms with Gasteiger partial charge in [0.15, 0.2) is 22.1 Å². The van der Waals surface area contributed by atoms with Crippen LogP contribution >= 0.6 is 30.8 Å². The molecular formula is C21H30FIN3O10P. The summed E-state index contributed by atoms with van der Waals surface area (Å²) in [6.07, 6.45) is -3.44. The van der Waals surface area contributed by atoms with E-state index in [-0.39, 0.29) is 22.7 Å². The molecule has 13 nitrogen and oxygen atoms in total. The number of carbonyl (C=O) groups excluding carboxylic acids is 3. The van der Waals surface area contributed by atoms with E-state index in [1.54, 1.807) is 0 Å². The number of Topliss-reactive ketones (excluding diaryl/α,β-unsaturated/α-hetero) is 1. The molecule has 1 saturated heterocycles. The average Bonchev–Trinajstić information content (AvgIpc) is 3.05. The second-order valence-electron chi connectivity index (χ2n) is 8.53. The highest BCUT2D eigenvalue weighted by atomic mass is 127. The van der Waals surface area contributed by atoms with Crippen molar-refractivity contribution >= 4 is 48.5 Å². The molecule has 7 atom stereocenters. The predicted molar refractivity (Wildman–Crippen MR) is 136 cm³/mol. The Bertz CT molecular complexity index is 1130. The van der Waals surface area contributed by atoms with Gasteiger partial charge in [-0.05, 0) is 49.8 Å². The van der Waals surface area contributed by atoms with Crippen LogP contribution in [0.15, 0.2) is 21.9 Å². The largest absolute Gasteiger partial charge is 0.456 e. The van der Waals surface area contributed by atoms with Gasteiger partial charge in [0.2, 0.25) is 0 Å². The van der Waals surface area contributed by atoms with Crippen molar-refractivity contribution in [1.29, 1.82) is 0 Å². The Hall–Kier alpha value is -1.94. The Balaban J connectivity index is 2.17. The van der Waals surface area contributed by atoms with E-state index in [4.69, 9.17) is 18.7 Å². The van der Waals surface area contributed by atoms with Gasteiger partial charge in [-0.2, -0.15) is 0 Å². The summed E-state index contributed by atoms with van der Waals surface area (Å²) >= 11 is 1.94. The first-order valence-corrected chi connectivity index (χ1v) is 13.9. The number of H-pyrrole nitrogens is 1. The van der Waals surface area contributed by atoms with E-state index in [0.717, 1.165) is 23.8 Å². The van der Waals surface area contributed by atoms with E-state index >= 15 is 4.39 Å². The maximum Gasteiger partial charge on any atom is 0.330 e. The first-order chi connectivity index (χ1) is 17.3. The topological polar surface area (TPSA) is 172 Å². The molecule has 2 rings (SSSR count). The van der Waals surface area contributed by atoms with E-state index < -0.39 is 68.1 Å². The van der Waals surface area contributed by atoms with Gasteiger partial charge in [0.1, 0.15) is 17.9 Å². The molecule has 2 unspecified atom stereocenters. The molecule has 0 aromatic carbocycles. The molecule has 37 heavy (non-hydrogen) atoms. The van der Waals surface area contributed by atoms with Crippen molar-refractivity contribution in [3.05, 3.63) is 33.1 Å². The number of halogens is 2. The normalized spacial score (nSPS) is 25.7. The number of aromatic nitrogens is 2. The van der Waals surface area contributed by atoms with Crippen molar-refractivity contribution in [3.8, 4) is 0 Å². The summed E-state index contributed by atoms with van der Waals surface area (Å²) in [5.74, 6) is -1.81. The van der Waals surface area contributed by atoms with Gasteiger partial charge >= 0.3 is 17.6 Å². The Kier molecular flexibility index (Phi) is 11.6. The highest BCUT2D eigenvalue weighted by molar-refractivity contribution is 14.1. The predicted octanol–water partition coefficient (Wildman–Crippen LogP) is 1.54. The van der Waals surface area contributed by atoms with Crippen molar-refractivity contribution in [3.63, 3.8) is 0 Å². The van der Waals surface area contributed by atoms with Crippen molar-refractivity contribution in [2.45, 2.75) is 81.2 Å². The van der Waals surface area contributed by atoms with Crippen LogP contribution < -0.4 is 16.3 Å². The molecular weight excluding hydrogens is 631 g/mol. The molecule has 2 heterocycles. The number of alkyl halides is 2. The van der Waals surface area contributed by atoms with E-state index in [2.05, 4.69) is 5.09 Å². The zero-order valence-corrected chi connectivity index (χ0v) is 23.8. The van der Waals surface area contributed by atoms with Crippen LogP contribution in [0.3, 0.4) is 0 Å². The smallest absolute Gasteiger partial charge is 0.330 e. The van der Waals surface area contributed by atoms with Gasteiger partial charge < -0.3 is 23.5 Å². The van der Waals surface area contributed by atoms with Gasteiger partial charge in [-0.15, -0.1) is 0 Å². The molecule has 1 aliphatic heterocycles. The van der Waals surface area contributed by atoms with Crippen LogP contribution in [-0.4, -0.2) is 61.9 Å². The summed E-state index contributed by atoms with van der Waals surface area (Å²) < 4.78 is 50.2. The summed E-state index contributed by atoms with van der Waals surface area (Å²) in [6, 6.07) is 0.0133. The maximum absolute atomic E-state index is 16.0. The fourth-order valence-corrected chi connectivity index (χ4v) is 4.49. The van der Waals surface area contributed by atoms with Crippen molar-refractivity contribution in [2.24, 2.45) is 0 Å². The molecule has 1 aromatic rings. The van der Waals surface area contributed by atoms with Crippen molar-refractivity contribution < 1.29 is 42.1 Å². The molecule has 0 amide bonds. The number of aromatic amines is 1. The Labute approximate surface area is 225 Å². The third kappa shape index (κ3) is 8.80. The number of nitrogens with zero attached hydrogens (tertiary/aromatic N) is 1. The minimum Gasteiger partial charge on any atom is -0.456 e. The number of rotatable bonds is 13. The molecule has 0 aliphatic carbocycles. The first kappa shape index (κ1) is 31.3. The van der Waals surface area contributed by atoms with Crippen LogP contribution in [0.2, 0.25) is 0 Å². The summed E-state index contributed by atoms with van der Waals surface area (Å²) in [7, 11) is -3.07. The Morgan fingerprint density at radius 1 is 1.35 bits per heavy atom. The quantitative estimate of drug-likeness (QED) is 0.136. The minimum absolute atomic E-state index is 0.124. The lowest BCUT2D eigenvalue weighted by Crippen LogP contribution is -2.46. The maximum atomic E-state index is 16.0. The second kappa shape index (κ2) is 13.7. The molecule has 208 valence electrons. The van der Waals surface area contributed by atoms with Crippen molar-refractivity contribution in [1.82, 2.24) is 14.6 Å². The third-order valence-electron chi connectivity index (χ3n) is 5.36. The number of ketones is 1. The Morgan fingerprint density at radius 2 is 2.03 bits per heavy atom. The highest BCUT2D eigenvalue weighted by Gasteiger charge is 2.58. The Morgan fingerprint density at radius 3 is 2.62 bits per heavy atom. The van der Waals surface area contributed by atoms with E-state index in [9.17, 15) is 28.5 Å². The van der Waals surface area contributed by atoms with Crippen LogP contribution in [0.1, 0.15) is 53.2 Å². The van der Waals surface area contributed by atoms with Gasteiger partial charge in [-0.1, -0.05) is 6.92 Å². The van der Waals surface area contributed by atoms with Gasteiger partial charge in [0.25, 0.3) is 13.7 Å². The fraction of sp³-hybridized carbons (Fsp3) is 0.667. The fourth-order valence-electron chi connectivity index (χ4n) is 3.37. The van der Waals surface area contributed by atoms with Crippen LogP contribution in [0.5, 0.6) is 0 Å². The molecule has 16 heteroatoms. The molecule has 1 fully saturated rings. The number of nitrogens with one attached hydrogen (secondary N) is 2. The number of esters is 2. The van der Waals surface area contributed by atoms with Crippen LogP contribution in [0.4, 0.5) is 4.39 Å². The molecule has 0 bridgehead atoms. The van der Waals surface area contributed by atoms with Gasteiger partial charge in [-0.25, -0.2) is 14.3 Å². The van der Waals surface area contributed by atoms with E-state index in [1.807, 2.05) is 34.5 Å². The summed E-state index contributed by atoms with van der Waals surface area (Å²) in [5.41, 5.74) is -4.18. The molecule has 2 N–H and O–H groups in total. The zero-order chi connectivity index (χ0) is 27.9. The van der Waals surface area contributed by atoms with Gasteiger partial charge in [0, 0.05) is 18.7 Å². The number of ether oxygens (including phenoxy) is 3. The SMILES string of the molecule is CCC(I)OC(=O)[C@H](C)N[PH](=O)OC[C@H]1O[C@@H](n2ccc(=O)[nH]c2=O)[C@](C)(F)[C@@H]1OC(=O)CCC(C)=O. The number of carbonyl (C=O) groups is 3. The summed E-state index contributed by atoms with van der Waals surface area (Å²) in [4.78, 5) is 61.2. The van der Waals surface area contributed by atoms with E-state index in [1.165, 1.54) is 13.8 Å². The lowest BCUT2D eigenvalue weighted by atomic mass is 9.98. The third-order valence-corrected chi connectivity index (χ3v) is 7.59. The summed E-state index contributed by atoms with van der Waals surface area (Å²) in [5, 5.41) is 2.46. The van der Waals surface area contributed by atoms with Crippen molar-refractivity contribution in [2.75, 3.05) is 6.61 Å². The van der Waals surface area contributed by atoms with Crippen LogP contribution in [-0.2, 0) is 37.7 Å². The minimum atomic E-state index is -3.07. The van der Waals surface area contributed by atoms with E-state index in [0.29, 0.717) is 6.42 Å². The summed E-state index contributed by atoms with van der Waals surface area (Å²) in [6.45, 7) is 5.02. The molecule has 1 aromatic heterocycles. The molecule has 0 saturated carbocycles. The number of hydrogen-bond acceptors (Lipinski definition) is 10. The lowest BCUT2D eigenvalue weighted by Gasteiger charge is -2.27. The number of hydrogen-bond donors (Lipinski definition) is 2. The molecule has 0 radical (unpaired) electrons. The van der Waals surface area contributed by atoms with Crippen LogP contribution in [0, 0.1) is 0 Å².